The normalized spacial score (nSPS) is 12.8. The van der Waals surface area contributed by atoms with Crippen molar-refractivity contribution in [1.29, 1.82) is 0 Å². The number of rotatable bonds is 6. The summed E-state index contributed by atoms with van der Waals surface area (Å²) < 4.78 is 15.8. The molecule has 7 heteroatoms. The molecule has 0 aliphatic rings. The second-order valence-corrected chi connectivity index (χ2v) is 6.40. The largest absolute Gasteiger partial charge is 0.524 e. The van der Waals surface area contributed by atoms with Crippen LogP contribution in [0.5, 0.6) is 17.2 Å². The number of phenols is 2. The van der Waals surface area contributed by atoms with Crippen molar-refractivity contribution < 1.29 is 29.1 Å². The zero-order valence-corrected chi connectivity index (χ0v) is 13.5. The minimum atomic E-state index is -4.72. The monoisotopic (exact) mass is 338 g/mol. The van der Waals surface area contributed by atoms with Crippen LogP contribution in [-0.4, -0.2) is 20.0 Å². The van der Waals surface area contributed by atoms with Crippen molar-refractivity contribution in [3.8, 4) is 17.2 Å². The molecule has 2 aromatic carbocycles. The highest BCUT2D eigenvalue weighted by Crippen LogP contribution is 2.43. The Morgan fingerprint density at radius 2 is 1.83 bits per heavy atom. The van der Waals surface area contributed by atoms with E-state index in [-0.39, 0.29) is 23.2 Å². The molecule has 0 aromatic heterocycles. The fraction of sp³-hybridized carbons (Fsp3) is 0.250. The van der Waals surface area contributed by atoms with Gasteiger partial charge in [-0.1, -0.05) is 25.1 Å². The molecule has 23 heavy (non-hydrogen) atoms. The van der Waals surface area contributed by atoms with E-state index >= 15 is 0 Å². The molecule has 1 unspecified atom stereocenters. The van der Waals surface area contributed by atoms with Gasteiger partial charge in [-0.2, -0.15) is 0 Å². The predicted molar refractivity (Wildman–Crippen MR) is 85.6 cm³/mol. The van der Waals surface area contributed by atoms with Crippen molar-refractivity contribution in [1.82, 2.24) is 0 Å². The van der Waals surface area contributed by atoms with Gasteiger partial charge in [0, 0.05) is 5.56 Å². The molecule has 0 spiro atoms. The van der Waals surface area contributed by atoms with Gasteiger partial charge < -0.3 is 14.7 Å². The fourth-order valence-corrected chi connectivity index (χ4v) is 2.92. The first-order valence-corrected chi connectivity index (χ1v) is 8.68. The van der Waals surface area contributed by atoms with Gasteiger partial charge in [0.2, 0.25) is 0 Å². The smallest absolute Gasteiger partial charge is 0.508 e. The molecule has 0 aliphatic carbocycles. The third-order valence-corrected chi connectivity index (χ3v) is 4.05. The van der Waals surface area contributed by atoms with Crippen LogP contribution in [-0.2, 0) is 11.0 Å². The molecule has 6 nitrogen and oxygen atoms in total. The van der Waals surface area contributed by atoms with Gasteiger partial charge in [-0.3, -0.25) is 9.79 Å². The summed E-state index contributed by atoms with van der Waals surface area (Å²) in [4.78, 5) is 18.0. The lowest BCUT2D eigenvalue weighted by atomic mass is 9.89. The molecule has 124 valence electrons. The van der Waals surface area contributed by atoms with E-state index in [1.54, 1.807) is 18.2 Å². The number of hydrogen-bond donors (Lipinski definition) is 4. The molecule has 0 heterocycles. The molecule has 2 rings (SSSR count). The van der Waals surface area contributed by atoms with Crippen molar-refractivity contribution in [3.05, 3.63) is 53.6 Å². The van der Waals surface area contributed by atoms with Crippen LogP contribution in [0.3, 0.4) is 0 Å². The minimum absolute atomic E-state index is 0.0445. The van der Waals surface area contributed by atoms with Crippen LogP contribution in [0.2, 0.25) is 0 Å². The second-order valence-electron chi connectivity index (χ2n) is 5.24. The molecule has 0 bridgehead atoms. The number of phosphoric ester groups is 1. The summed E-state index contributed by atoms with van der Waals surface area (Å²) in [5.41, 5.74) is 1.20. The third-order valence-electron chi connectivity index (χ3n) is 3.61. The van der Waals surface area contributed by atoms with E-state index in [0.29, 0.717) is 18.4 Å². The maximum absolute atomic E-state index is 11.1. The summed E-state index contributed by atoms with van der Waals surface area (Å²) >= 11 is 0. The van der Waals surface area contributed by atoms with Gasteiger partial charge in [0.05, 0.1) is 0 Å². The summed E-state index contributed by atoms with van der Waals surface area (Å²) in [6.45, 7) is 1.96. The molecule has 0 saturated heterocycles. The summed E-state index contributed by atoms with van der Waals surface area (Å²) in [5.74, 6) is -0.0362. The summed E-state index contributed by atoms with van der Waals surface area (Å²) in [6, 6.07) is 11.1. The van der Waals surface area contributed by atoms with E-state index in [1.807, 2.05) is 13.0 Å². The average Bonchev–Trinajstić information content (AvgIpc) is 2.45. The molecule has 0 radical (unpaired) electrons. The SMILES string of the molecule is CCC(Cc1c(O)cccc1OP(=O)(O)O)c1cccc(O)c1. The first kappa shape index (κ1) is 17.3. The van der Waals surface area contributed by atoms with E-state index in [2.05, 4.69) is 4.52 Å². The number of phenolic OH excluding ortho intramolecular Hbond substituents is 2. The Bertz CT molecular complexity index is 724. The Balaban J connectivity index is 2.35. The number of aromatic hydroxyl groups is 2. The van der Waals surface area contributed by atoms with Crippen molar-refractivity contribution in [2.24, 2.45) is 0 Å². The van der Waals surface area contributed by atoms with E-state index in [1.165, 1.54) is 18.2 Å². The van der Waals surface area contributed by atoms with Gasteiger partial charge in [0.15, 0.2) is 0 Å². The zero-order chi connectivity index (χ0) is 17.0. The molecule has 0 saturated carbocycles. The van der Waals surface area contributed by atoms with E-state index in [4.69, 9.17) is 9.79 Å². The van der Waals surface area contributed by atoms with E-state index < -0.39 is 7.82 Å². The van der Waals surface area contributed by atoms with E-state index in [9.17, 15) is 14.8 Å². The molecule has 4 N–H and O–H groups in total. The number of phosphoric acid groups is 1. The molecule has 0 fully saturated rings. The molecular formula is C16H19O6P. The highest BCUT2D eigenvalue weighted by atomic mass is 31.2. The Morgan fingerprint density at radius 3 is 2.43 bits per heavy atom. The summed E-state index contributed by atoms with van der Waals surface area (Å²) in [7, 11) is -4.72. The van der Waals surface area contributed by atoms with Crippen LogP contribution in [0.4, 0.5) is 0 Å². The quantitative estimate of drug-likeness (QED) is 0.602. The lowest BCUT2D eigenvalue weighted by molar-refractivity contribution is 0.281. The Kier molecular flexibility index (Phi) is 5.31. The maximum atomic E-state index is 11.1. The average molecular weight is 338 g/mol. The lowest BCUT2D eigenvalue weighted by Crippen LogP contribution is -2.04. The summed E-state index contributed by atoms with van der Waals surface area (Å²) in [6.07, 6.45) is 1.04. The molecular weight excluding hydrogens is 319 g/mol. The first-order valence-electron chi connectivity index (χ1n) is 7.15. The van der Waals surface area contributed by atoms with Crippen LogP contribution < -0.4 is 4.52 Å². The Hall–Kier alpha value is -2.01. The van der Waals surface area contributed by atoms with Gasteiger partial charge in [-0.15, -0.1) is 0 Å². The highest BCUT2D eigenvalue weighted by molar-refractivity contribution is 7.46. The third kappa shape index (κ3) is 4.73. The Morgan fingerprint density at radius 1 is 1.13 bits per heavy atom. The summed E-state index contributed by atoms with van der Waals surface area (Å²) in [5, 5.41) is 19.7. The molecule has 1 atom stereocenters. The van der Waals surface area contributed by atoms with Gasteiger partial charge in [-0.25, -0.2) is 4.57 Å². The van der Waals surface area contributed by atoms with Crippen LogP contribution in [0.25, 0.3) is 0 Å². The molecule has 0 amide bonds. The van der Waals surface area contributed by atoms with Gasteiger partial charge >= 0.3 is 7.82 Å². The Labute approximate surface area is 134 Å². The van der Waals surface area contributed by atoms with Crippen molar-refractivity contribution in [3.63, 3.8) is 0 Å². The van der Waals surface area contributed by atoms with Crippen molar-refractivity contribution in [2.75, 3.05) is 0 Å². The van der Waals surface area contributed by atoms with Crippen molar-refractivity contribution >= 4 is 7.82 Å². The van der Waals surface area contributed by atoms with Gasteiger partial charge in [-0.05, 0) is 48.6 Å². The second kappa shape index (κ2) is 7.04. The molecule has 2 aromatic rings. The zero-order valence-electron chi connectivity index (χ0n) is 12.6. The van der Waals surface area contributed by atoms with Gasteiger partial charge in [0.1, 0.15) is 17.2 Å². The highest BCUT2D eigenvalue weighted by Gasteiger charge is 2.22. The minimum Gasteiger partial charge on any atom is -0.508 e. The standard InChI is InChI=1S/C16H19O6P/c1-2-11(12-5-3-6-13(17)9-12)10-14-15(18)7-4-8-16(14)22-23(19,20)21/h3-9,11,17-18H,2,10H2,1H3,(H2,19,20,21). The predicted octanol–water partition coefficient (Wildman–Crippen LogP) is 3.31. The van der Waals surface area contributed by atoms with Crippen molar-refractivity contribution in [2.45, 2.75) is 25.7 Å². The fourth-order valence-electron chi connectivity index (χ4n) is 2.50. The maximum Gasteiger partial charge on any atom is 0.524 e. The van der Waals surface area contributed by atoms with Crippen LogP contribution in [0.15, 0.2) is 42.5 Å². The van der Waals surface area contributed by atoms with Gasteiger partial charge in [0.25, 0.3) is 0 Å². The number of benzene rings is 2. The van der Waals surface area contributed by atoms with Crippen LogP contribution in [0.1, 0.15) is 30.4 Å². The first-order chi connectivity index (χ1) is 10.8. The van der Waals surface area contributed by atoms with Crippen LogP contribution >= 0.6 is 7.82 Å². The van der Waals surface area contributed by atoms with E-state index in [0.717, 1.165) is 5.56 Å². The lowest BCUT2D eigenvalue weighted by Gasteiger charge is -2.19. The molecule has 0 aliphatic heterocycles. The van der Waals surface area contributed by atoms with Crippen LogP contribution in [0, 0.1) is 0 Å². The number of hydrogen-bond acceptors (Lipinski definition) is 4. The topological polar surface area (TPSA) is 107 Å².